The first-order valence-corrected chi connectivity index (χ1v) is 10.3. The summed E-state index contributed by atoms with van der Waals surface area (Å²) >= 11 is 0. The second kappa shape index (κ2) is 9.16. The Bertz CT molecular complexity index is 1220. The van der Waals surface area contributed by atoms with Gasteiger partial charge in [0.1, 0.15) is 11.4 Å². The van der Waals surface area contributed by atoms with Gasteiger partial charge in [-0.15, -0.1) is 0 Å². The second-order valence-corrected chi connectivity index (χ2v) is 7.78. The molecule has 160 valence electrons. The smallest absolute Gasteiger partial charge is 0.354 e. The van der Waals surface area contributed by atoms with Crippen molar-refractivity contribution in [3.63, 3.8) is 0 Å². The van der Waals surface area contributed by atoms with E-state index in [0.29, 0.717) is 18.8 Å². The van der Waals surface area contributed by atoms with Gasteiger partial charge in [-0.25, -0.2) is 4.79 Å². The molecule has 31 heavy (non-hydrogen) atoms. The Balaban J connectivity index is 1.59. The van der Waals surface area contributed by atoms with Crippen LogP contribution in [0.5, 0.6) is 5.75 Å². The minimum absolute atomic E-state index is 0.334. The van der Waals surface area contributed by atoms with Gasteiger partial charge in [-0.05, 0) is 56.4 Å². The first-order chi connectivity index (χ1) is 15.0. The van der Waals surface area contributed by atoms with Crippen molar-refractivity contribution in [3.05, 3.63) is 76.8 Å². The molecule has 0 aliphatic rings. The lowest BCUT2D eigenvalue weighted by atomic mass is 10.1. The van der Waals surface area contributed by atoms with Crippen LogP contribution in [0.2, 0.25) is 0 Å². The molecular weight excluding hydrogens is 390 g/mol. The summed E-state index contributed by atoms with van der Waals surface area (Å²) in [6.07, 6.45) is 2.77. The Labute approximate surface area is 181 Å². The third kappa shape index (κ3) is 4.84. The molecule has 4 aromatic rings. The molecule has 0 bridgehead atoms. The van der Waals surface area contributed by atoms with Crippen molar-refractivity contribution in [3.8, 4) is 22.7 Å². The van der Waals surface area contributed by atoms with E-state index in [4.69, 9.17) is 10.5 Å². The molecule has 0 radical (unpaired) electrons. The van der Waals surface area contributed by atoms with E-state index in [1.165, 1.54) is 0 Å². The van der Waals surface area contributed by atoms with E-state index in [1.54, 1.807) is 4.57 Å². The highest BCUT2D eigenvalue weighted by molar-refractivity contribution is 5.82. The van der Waals surface area contributed by atoms with Gasteiger partial charge in [-0.3, -0.25) is 4.57 Å². The zero-order valence-corrected chi connectivity index (χ0v) is 17.8. The molecule has 0 atom stereocenters. The maximum Gasteiger partial charge on any atom is 0.354 e. The van der Waals surface area contributed by atoms with Crippen LogP contribution >= 0.6 is 0 Å². The van der Waals surface area contributed by atoms with E-state index in [9.17, 15) is 4.79 Å². The maximum atomic E-state index is 12.6. The van der Waals surface area contributed by atoms with Crippen LogP contribution in [-0.2, 0) is 6.54 Å². The number of aromatic nitrogens is 3. The normalized spacial score (nSPS) is 11.4. The molecule has 2 heterocycles. The van der Waals surface area contributed by atoms with E-state index in [0.717, 1.165) is 46.6 Å². The molecule has 3 N–H and O–H groups in total. The van der Waals surface area contributed by atoms with Gasteiger partial charge >= 0.3 is 5.69 Å². The Kier molecular flexibility index (Phi) is 6.16. The van der Waals surface area contributed by atoms with Crippen molar-refractivity contribution >= 4 is 11.0 Å². The summed E-state index contributed by atoms with van der Waals surface area (Å²) in [5.74, 6) is 0.822. The van der Waals surface area contributed by atoms with Crippen LogP contribution in [0, 0.1) is 0 Å². The van der Waals surface area contributed by atoms with Crippen molar-refractivity contribution in [1.82, 2.24) is 19.4 Å². The predicted molar refractivity (Wildman–Crippen MR) is 124 cm³/mol. The number of hydrogen-bond donors (Lipinski definition) is 2. The molecule has 4 rings (SSSR count). The second-order valence-electron chi connectivity index (χ2n) is 7.78. The number of fused-ring (bicyclic) bond motifs is 1. The molecule has 0 unspecified atom stereocenters. The van der Waals surface area contributed by atoms with Gasteiger partial charge in [0.15, 0.2) is 0 Å². The minimum Gasteiger partial charge on any atom is -0.494 e. The topological polar surface area (TPSA) is 89.2 Å². The summed E-state index contributed by atoms with van der Waals surface area (Å²) in [5.41, 5.74) is 9.53. The van der Waals surface area contributed by atoms with E-state index < -0.39 is 0 Å². The predicted octanol–water partition coefficient (Wildman–Crippen LogP) is 3.17. The molecule has 0 saturated carbocycles. The van der Waals surface area contributed by atoms with Crippen LogP contribution in [0.3, 0.4) is 0 Å². The summed E-state index contributed by atoms with van der Waals surface area (Å²) < 4.78 is 7.43. The van der Waals surface area contributed by atoms with Gasteiger partial charge in [0.2, 0.25) is 0 Å². The van der Waals surface area contributed by atoms with Crippen LogP contribution in [0.1, 0.15) is 12.0 Å². The number of rotatable bonds is 8. The van der Waals surface area contributed by atoms with Crippen molar-refractivity contribution in [1.29, 1.82) is 0 Å². The molecule has 0 aliphatic heterocycles. The zero-order valence-electron chi connectivity index (χ0n) is 17.8. The van der Waals surface area contributed by atoms with Gasteiger partial charge in [0.05, 0.1) is 12.3 Å². The fourth-order valence-corrected chi connectivity index (χ4v) is 3.45. The summed E-state index contributed by atoms with van der Waals surface area (Å²) in [6, 6.07) is 17.5. The Morgan fingerprint density at radius 3 is 2.68 bits per heavy atom. The summed E-state index contributed by atoms with van der Waals surface area (Å²) in [6.45, 7) is 2.12. The van der Waals surface area contributed by atoms with Crippen LogP contribution in [-0.4, -0.2) is 46.7 Å². The number of benzene rings is 2. The SMILES string of the molecule is CN(C)CCCOc1cccc(-c2cc3cn(-c4ccc(CN)cc4)c(=O)nc3[nH]2)c1. The molecule has 7 nitrogen and oxygen atoms in total. The van der Waals surface area contributed by atoms with Crippen LogP contribution in [0.15, 0.2) is 65.6 Å². The van der Waals surface area contributed by atoms with Crippen LogP contribution in [0.25, 0.3) is 28.0 Å². The van der Waals surface area contributed by atoms with Crippen molar-refractivity contribution in [2.45, 2.75) is 13.0 Å². The molecule has 0 aliphatic carbocycles. The van der Waals surface area contributed by atoms with Crippen molar-refractivity contribution in [2.24, 2.45) is 5.73 Å². The first-order valence-electron chi connectivity index (χ1n) is 10.3. The fraction of sp³-hybridized carbons (Fsp3) is 0.250. The van der Waals surface area contributed by atoms with Gasteiger partial charge in [-0.2, -0.15) is 4.98 Å². The van der Waals surface area contributed by atoms with Gasteiger partial charge in [0, 0.05) is 35.9 Å². The number of H-pyrrole nitrogens is 1. The lowest BCUT2D eigenvalue weighted by Crippen LogP contribution is -2.20. The van der Waals surface area contributed by atoms with Gasteiger partial charge in [0.25, 0.3) is 0 Å². The number of nitrogens with one attached hydrogen (secondary N) is 1. The highest BCUT2D eigenvalue weighted by Gasteiger charge is 2.10. The maximum absolute atomic E-state index is 12.6. The van der Waals surface area contributed by atoms with Crippen LogP contribution in [0.4, 0.5) is 0 Å². The molecule has 0 fully saturated rings. The third-order valence-electron chi connectivity index (χ3n) is 5.12. The Morgan fingerprint density at radius 1 is 1.13 bits per heavy atom. The Morgan fingerprint density at radius 2 is 1.94 bits per heavy atom. The minimum atomic E-state index is -0.334. The highest BCUT2D eigenvalue weighted by Crippen LogP contribution is 2.26. The molecule has 2 aromatic carbocycles. The quantitative estimate of drug-likeness (QED) is 0.430. The lowest BCUT2D eigenvalue weighted by molar-refractivity contribution is 0.281. The largest absolute Gasteiger partial charge is 0.494 e. The van der Waals surface area contributed by atoms with E-state index in [2.05, 4.69) is 29.0 Å². The standard InChI is InChI=1S/C24H27N5O2/c1-28(2)11-4-12-31-21-6-3-5-18(13-21)22-14-19-16-29(24(30)27-23(19)26-22)20-9-7-17(15-25)8-10-20/h3,5-10,13-14,16H,4,11-12,15,25H2,1-2H3,(H,26,27,30). The van der Waals surface area contributed by atoms with Crippen molar-refractivity contribution in [2.75, 3.05) is 27.2 Å². The molecule has 2 aromatic heterocycles. The van der Waals surface area contributed by atoms with Gasteiger partial charge < -0.3 is 20.4 Å². The number of nitrogens with zero attached hydrogens (tertiary/aromatic N) is 3. The number of nitrogens with two attached hydrogens (primary N) is 1. The first kappa shape index (κ1) is 20.8. The van der Waals surface area contributed by atoms with Crippen molar-refractivity contribution < 1.29 is 4.74 Å². The molecule has 0 spiro atoms. The van der Waals surface area contributed by atoms with E-state index in [-0.39, 0.29) is 5.69 Å². The lowest BCUT2D eigenvalue weighted by Gasteiger charge is -2.10. The molecular formula is C24H27N5O2. The molecule has 0 saturated heterocycles. The highest BCUT2D eigenvalue weighted by atomic mass is 16.5. The average Bonchev–Trinajstić information content (AvgIpc) is 3.19. The zero-order chi connectivity index (χ0) is 21.8. The molecule has 0 amide bonds. The van der Waals surface area contributed by atoms with Crippen LogP contribution < -0.4 is 16.2 Å². The molecule has 7 heteroatoms. The average molecular weight is 418 g/mol. The summed E-state index contributed by atoms with van der Waals surface area (Å²) in [4.78, 5) is 22.2. The van der Waals surface area contributed by atoms with Gasteiger partial charge in [-0.1, -0.05) is 24.3 Å². The number of hydrogen-bond acceptors (Lipinski definition) is 5. The third-order valence-corrected chi connectivity index (χ3v) is 5.12. The van der Waals surface area contributed by atoms with E-state index in [1.807, 2.05) is 60.8 Å². The summed E-state index contributed by atoms with van der Waals surface area (Å²) in [7, 11) is 4.10. The number of aromatic amines is 1. The fourth-order valence-electron chi connectivity index (χ4n) is 3.45. The number of ether oxygens (including phenoxy) is 1. The van der Waals surface area contributed by atoms with E-state index >= 15 is 0 Å². The summed E-state index contributed by atoms with van der Waals surface area (Å²) in [5, 5.41) is 0.856. The Hall–Kier alpha value is -3.42. The monoisotopic (exact) mass is 417 g/mol.